The summed E-state index contributed by atoms with van der Waals surface area (Å²) in [5.41, 5.74) is 4.46. The normalized spacial score (nSPS) is 45.9. The van der Waals surface area contributed by atoms with Crippen LogP contribution in [0.15, 0.2) is 22.8 Å². The summed E-state index contributed by atoms with van der Waals surface area (Å²) in [6.45, 7) is 4.63. The van der Waals surface area contributed by atoms with Crippen LogP contribution in [0.4, 0.5) is 0 Å². The first-order chi connectivity index (χ1) is 10.0. The number of aliphatic hydroxyl groups is 1. The van der Waals surface area contributed by atoms with Gasteiger partial charge in [0.2, 0.25) is 0 Å². The SMILES string of the molecule is CC1=C2CC[C@H]3[C@@H](CC(O)C4=CC(=O)CC[C@@]43C)[C@@H]2CC1. The van der Waals surface area contributed by atoms with Gasteiger partial charge in [-0.1, -0.05) is 18.1 Å². The summed E-state index contributed by atoms with van der Waals surface area (Å²) < 4.78 is 0. The van der Waals surface area contributed by atoms with E-state index in [1.54, 1.807) is 17.2 Å². The molecule has 4 aliphatic rings. The fraction of sp³-hybridized carbons (Fsp3) is 0.737. The molecule has 1 N–H and O–H groups in total. The van der Waals surface area contributed by atoms with E-state index in [2.05, 4.69) is 13.8 Å². The Morgan fingerprint density at radius 2 is 2.05 bits per heavy atom. The number of hydrogen-bond acceptors (Lipinski definition) is 2. The van der Waals surface area contributed by atoms with E-state index < -0.39 is 0 Å². The van der Waals surface area contributed by atoms with Crippen LogP contribution in [-0.4, -0.2) is 17.0 Å². The van der Waals surface area contributed by atoms with E-state index in [4.69, 9.17) is 0 Å². The molecular formula is C19H26O2. The molecule has 0 saturated heterocycles. The van der Waals surface area contributed by atoms with Crippen molar-refractivity contribution in [2.24, 2.45) is 23.2 Å². The van der Waals surface area contributed by atoms with E-state index in [0.717, 1.165) is 24.3 Å². The lowest BCUT2D eigenvalue weighted by Crippen LogP contribution is -2.50. The Hall–Kier alpha value is -0.890. The van der Waals surface area contributed by atoms with E-state index in [1.807, 2.05) is 0 Å². The maximum atomic E-state index is 11.8. The zero-order chi connectivity index (χ0) is 14.8. The standard InChI is InChI=1S/C19H26O2/c1-11-3-4-14-13(11)5-6-16-15(14)10-18(21)17-9-12(20)7-8-19(16,17)2/h9,14-16,18,21H,3-8,10H2,1-2H3/t14-,15+,16+,18?,19-/m1/s1. The molecule has 2 fully saturated rings. The van der Waals surface area contributed by atoms with Gasteiger partial charge in [0, 0.05) is 6.42 Å². The molecule has 0 heterocycles. The van der Waals surface area contributed by atoms with E-state index in [9.17, 15) is 9.90 Å². The largest absolute Gasteiger partial charge is 0.389 e. The van der Waals surface area contributed by atoms with Crippen LogP contribution in [-0.2, 0) is 4.79 Å². The lowest BCUT2D eigenvalue weighted by atomic mass is 9.50. The van der Waals surface area contributed by atoms with Gasteiger partial charge in [-0.2, -0.15) is 0 Å². The van der Waals surface area contributed by atoms with E-state index >= 15 is 0 Å². The van der Waals surface area contributed by atoms with Crippen LogP contribution in [0, 0.1) is 23.2 Å². The Labute approximate surface area is 127 Å². The maximum absolute atomic E-state index is 11.8. The first kappa shape index (κ1) is 13.8. The van der Waals surface area contributed by atoms with Crippen LogP contribution in [0.25, 0.3) is 0 Å². The summed E-state index contributed by atoms with van der Waals surface area (Å²) in [5, 5.41) is 10.7. The topological polar surface area (TPSA) is 37.3 Å². The molecular weight excluding hydrogens is 260 g/mol. The highest BCUT2D eigenvalue weighted by molar-refractivity contribution is 5.91. The quantitative estimate of drug-likeness (QED) is 0.688. The predicted octanol–water partition coefficient (Wildman–Crippen LogP) is 3.80. The van der Waals surface area contributed by atoms with Gasteiger partial charge in [0.25, 0.3) is 0 Å². The third-order valence-corrected chi connectivity index (χ3v) is 7.12. The van der Waals surface area contributed by atoms with Crippen molar-refractivity contribution < 1.29 is 9.90 Å². The van der Waals surface area contributed by atoms with Crippen LogP contribution >= 0.6 is 0 Å². The third kappa shape index (κ3) is 1.84. The van der Waals surface area contributed by atoms with Crippen molar-refractivity contribution in [1.82, 2.24) is 0 Å². The molecule has 2 nitrogen and oxygen atoms in total. The Morgan fingerprint density at radius 3 is 2.86 bits per heavy atom. The minimum Gasteiger partial charge on any atom is -0.389 e. The van der Waals surface area contributed by atoms with Crippen molar-refractivity contribution in [1.29, 1.82) is 0 Å². The first-order valence-electron chi connectivity index (χ1n) is 8.62. The molecule has 2 saturated carbocycles. The average Bonchev–Trinajstić information content (AvgIpc) is 2.83. The highest BCUT2D eigenvalue weighted by Crippen LogP contribution is 2.61. The molecule has 4 aliphatic carbocycles. The molecule has 0 aromatic carbocycles. The highest BCUT2D eigenvalue weighted by Gasteiger charge is 2.54. The fourth-order valence-electron chi connectivity index (χ4n) is 6.02. The molecule has 0 aromatic rings. The zero-order valence-corrected chi connectivity index (χ0v) is 13.2. The molecule has 5 atom stereocenters. The number of ketones is 1. The second-order valence-corrected chi connectivity index (χ2v) is 7.99. The molecule has 0 aromatic heterocycles. The van der Waals surface area contributed by atoms with Crippen LogP contribution < -0.4 is 0 Å². The van der Waals surface area contributed by atoms with Crippen molar-refractivity contribution >= 4 is 5.78 Å². The second kappa shape index (κ2) is 4.55. The van der Waals surface area contributed by atoms with Crippen LogP contribution in [0.1, 0.15) is 58.8 Å². The fourth-order valence-corrected chi connectivity index (χ4v) is 6.02. The number of fused-ring (bicyclic) bond motifs is 5. The summed E-state index contributed by atoms with van der Waals surface area (Å²) in [5.74, 6) is 2.24. The number of rotatable bonds is 0. The Kier molecular flexibility index (Phi) is 2.98. The average molecular weight is 286 g/mol. The molecule has 0 bridgehead atoms. The van der Waals surface area contributed by atoms with Crippen LogP contribution in [0.5, 0.6) is 0 Å². The molecule has 0 aliphatic heterocycles. The second-order valence-electron chi connectivity index (χ2n) is 7.99. The van der Waals surface area contributed by atoms with Gasteiger partial charge in [-0.25, -0.2) is 0 Å². The number of hydrogen-bond donors (Lipinski definition) is 1. The predicted molar refractivity (Wildman–Crippen MR) is 82.7 cm³/mol. The molecule has 114 valence electrons. The molecule has 0 spiro atoms. The molecule has 1 unspecified atom stereocenters. The summed E-state index contributed by atoms with van der Waals surface area (Å²) in [6.07, 6.45) is 8.95. The van der Waals surface area contributed by atoms with Gasteiger partial charge < -0.3 is 5.11 Å². The van der Waals surface area contributed by atoms with Gasteiger partial charge in [0.1, 0.15) is 0 Å². The summed E-state index contributed by atoms with van der Waals surface area (Å²) in [6, 6.07) is 0. The molecule has 4 rings (SSSR count). The van der Waals surface area contributed by atoms with Gasteiger partial charge in [0.15, 0.2) is 5.78 Å². The van der Waals surface area contributed by atoms with Crippen molar-refractivity contribution in [3.05, 3.63) is 22.8 Å². The highest BCUT2D eigenvalue weighted by atomic mass is 16.3. The lowest BCUT2D eigenvalue weighted by molar-refractivity contribution is -0.117. The monoisotopic (exact) mass is 286 g/mol. The Balaban J connectivity index is 1.74. The molecule has 0 amide bonds. The zero-order valence-electron chi connectivity index (χ0n) is 13.2. The number of allylic oxidation sites excluding steroid dienone is 3. The first-order valence-corrected chi connectivity index (χ1v) is 8.62. The lowest BCUT2D eigenvalue weighted by Gasteiger charge is -2.55. The van der Waals surface area contributed by atoms with Crippen molar-refractivity contribution in [3.8, 4) is 0 Å². The minimum atomic E-state index is -0.388. The number of carbonyl (C=O) groups is 1. The Bertz CT molecular complexity index is 556. The maximum Gasteiger partial charge on any atom is 0.155 e. The van der Waals surface area contributed by atoms with Crippen LogP contribution in [0.3, 0.4) is 0 Å². The smallest absolute Gasteiger partial charge is 0.155 e. The van der Waals surface area contributed by atoms with Crippen molar-refractivity contribution in [3.63, 3.8) is 0 Å². The van der Waals surface area contributed by atoms with Gasteiger partial charge in [-0.3, -0.25) is 4.79 Å². The summed E-state index contributed by atoms with van der Waals surface area (Å²) in [4.78, 5) is 11.8. The van der Waals surface area contributed by atoms with Crippen molar-refractivity contribution in [2.75, 3.05) is 0 Å². The van der Waals surface area contributed by atoms with Gasteiger partial charge >= 0.3 is 0 Å². The number of aliphatic hydroxyl groups excluding tert-OH is 1. The van der Waals surface area contributed by atoms with E-state index in [-0.39, 0.29) is 17.3 Å². The summed E-state index contributed by atoms with van der Waals surface area (Å²) >= 11 is 0. The van der Waals surface area contributed by atoms with Gasteiger partial charge in [0.05, 0.1) is 6.10 Å². The van der Waals surface area contributed by atoms with E-state index in [1.165, 1.54) is 25.7 Å². The molecule has 2 heteroatoms. The van der Waals surface area contributed by atoms with Crippen LogP contribution in [0.2, 0.25) is 0 Å². The molecule has 21 heavy (non-hydrogen) atoms. The number of carbonyl (C=O) groups excluding carboxylic acids is 1. The van der Waals surface area contributed by atoms with Gasteiger partial charge in [-0.05, 0) is 80.3 Å². The van der Waals surface area contributed by atoms with Crippen molar-refractivity contribution in [2.45, 2.75) is 64.9 Å². The Morgan fingerprint density at radius 1 is 1.24 bits per heavy atom. The molecule has 0 radical (unpaired) electrons. The third-order valence-electron chi connectivity index (χ3n) is 7.12. The summed E-state index contributed by atoms with van der Waals surface area (Å²) in [7, 11) is 0. The van der Waals surface area contributed by atoms with Gasteiger partial charge in [-0.15, -0.1) is 0 Å². The minimum absolute atomic E-state index is 0.0677. The van der Waals surface area contributed by atoms with E-state index in [0.29, 0.717) is 18.3 Å².